The van der Waals surface area contributed by atoms with Crippen molar-refractivity contribution in [1.82, 2.24) is 15.7 Å². The molecular weight excluding hydrogens is 368 g/mol. The first-order valence-electron chi connectivity index (χ1n) is 8.99. The zero-order valence-corrected chi connectivity index (χ0v) is 15.6. The van der Waals surface area contributed by atoms with Crippen molar-refractivity contribution in [2.24, 2.45) is 5.10 Å². The Morgan fingerprint density at radius 2 is 1.69 bits per heavy atom. The molecular formula is C22H20N4O3. The van der Waals surface area contributed by atoms with Gasteiger partial charge < -0.3 is 10.1 Å². The molecule has 0 aliphatic rings. The predicted octanol–water partition coefficient (Wildman–Crippen LogP) is 2.43. The van der Waals surface area contributed by atoms with Crippen LogP contribution < -0.4 is 15.5 Å². The molecule has 146 valence electrons. The fourth-order valence-electron chi connectivity index (χ4n) is 2.42. The first-order chi connectivity index (χ1) is 14.2. The second-order valence-electron chi connectivity index (χ2n) is 6.01. The summed E-state index contributed by atoms with van der Waals surface area (Å²) in [4.78, 5) is 27.8. The molecule has 7 nitrogen and oxygen atoms in total. The number of ether oxygens (including phenoxy) is 1. The fourth-order valence-corrected chi connectivity index (χ4v) is 2.42. The van der Waals surface area contributed by atoms with Crippen LogP contribution in [0, 0.1) is 0 Å². The molecule has 1 heterocycles. The van der Waals surface area contributed by atoms with E-state index in [2.05, 4.69) is 20.8 Å². The summed E-state index contributed by atoms with van der Waals surface area (Å²) < 4.78 is 5.83. The highest BCUT2D eigenvalue weighted by Gasteiger charge is 2.12. The van der Waals surface area contributed by atoms with E-state index in [0.29, 0.717) is 23.6 Å². The summed E-state index contributed by atoms with van der Waals surface area (Å²) in [5.41, 5.74) is 4.58. The number of benzene rings is 2. The normalized spacial score (nSPS) is 10.5. The highest BCUT2D eigenvalue weighted by atomic mass is 16.5. The number of amides is 2. The van der Waals surface area contributed by atoms with Crippen LogP contribution in [0.3, 0.4) is 0 Å². The number of carbonyl (C=O) groups excluding carboxylic acids is 2. The first-order valence-corrected chi connectivity index (χ1v) is 8.99. The van der Waals surface area contributed by atoms with Crippen molar-refractivity contribution in [2.75, 3.05) is 0 Å². The Morgan fingerprint density at radius 1 is 0.931 bits per heavy atom. The number of nitrogens with one attached hydrogen (secondary N) is 2. The van der Waals surface area contributed by atoms with E-state index in [1.807, 2.05) is 48.5 Å². The van der Waals surface area contributed by atoms with E-state index in [1.165, 1.54) is 6.21 Å². The van der Waals surface area contributed by atoms with Crippen molar-refractivity contribution in [1.29, 1.82) is 0 Å². The molecule has 2 N–H and O–H groups in total. The quantitative estimate of drug-likeness (QED) is 0.369. The van der Waals surface area contributed by atoms with Crippen molar-refractivity contribution in [3.05, 3.63) is 95.8 Å². The minimum absolute atomic E-state index is 0.160. The van der Waals surface area contributed by atoms with Crippen molar-refractivity contribution >= 4 is 18.0 Å². The average molecular weight is 388 g/mol. The van der Waals surface area contributed by atoms with Gasteiger partial charge in [0.2, 0.25) is 0 Å². The smallest absolute Gasteiger partial charge is 0.329 e. The van der Waals surface area contributed by atoms with Gasteiger partial charge in [-0.25, -0.2) is 5.43 Å². The third-order valence-electron chi connectivity index (χ3n) is 3.89. The molecule has 0 saturated heterocycles. The molecule has 2 amide bonds. The molecule has 0 bridgehead atoms. The summed E-state index contributed by atoms with van der Waals surface area (Å²) >= 11 is 0. The van der Waals surface area contributed by atoms with Gasteiger partial charge in [0.1, 0.15) is 12.4 Å². The van der Waals surface area contributed by atoms with Crippen LogP contribution in [0.15, 0.2) is 84.1 Å². The predicted molar refractivity (Wildman–Crippen MR) is 109 cm³/mol. The molecule has 0 atom stereocenters. The molecule has 29 heavy (non-hydrogen) atoms. The Labute approximate surface area is 168 Å². The first kappa shape index (κ1) is 19.8. The van der Waals surface area contributed by atoms with Crippen molar-refractivity contribution in [3.63, 3.8) is 0 Å². The summed E-state index contributed by atoms with van der Waals surface area (Å²) in [6, 6.07) is 22.4. The van der Waals surface area contributed by atoms with E-state index in [1.54, 1.807) is 30.5 Å². The molecule has 0 spiro atoms. The van der Waals surface area contributed by atoms with Gasteiger partial charge in [-0.1, -0.05) is 48.5 Å². The van der Waals surface area contributed by atoms with Gasteiger partial charge in [-0.3, -0.25) is 14.6 Å². The van der Waals surface area contributed by atoms with E-state index in [9.17, 15) is 9.59 Å². The van der Waals surface area contributed by atoms with Gasteiger partial charge in [0, 0.05) is 11.8 Å². The van der Waals surface area contributed by atoms with Crippen molar-refractivity contribution in [3.8, 4) is 5.75 Å². The second kappa shape index (κ2) is 10.4. The van der Waals surface area contributed by atoms with Crippen LogP contribution in [0.5, 0.6) is 5.75 Å². The van der Waals surface area contributed by atoms with Crippen LogP contribution in [-0.4, -0.2) is 23.0 Å². The number of hydrogen-bond acceptors (Lipinski definition) is 5. The Bertz CT molecular complexity index is 976. The summed E-state index contributed by atoms with van der Waals surface area (Å²) in [5.74, 6) is -1.03. The number of carbonyl (C=O) groups is 2. The van der Waals surface area contributed by atoms with Crippen LogP contribution in [0.1, 0.15) is 16.8 Å². The lowest BCUT2D eigenvalue weighted by atomic mass is 10.2. The molecule has 1 aromatic heterocycles. The monoisotopic (exact) mass is 388 g/mol. The lowest BCUT2D eigenvalue weighted by molar-refractivity contribution is -0.139. The zero-order valence-electron chi connectivity index (χ0n) is 15.6. The third kappa shape index (κ3) is 6.28. The number of hydrogen-bond donors (Lipinski definition) is 2. The molecule has 7 heteroatoms. The van der Waals surface area contributed by atoms with Gasteiger partial charge in [0.15, 0.2) is 0 Å². The van der Waals surface area contributed by atoms with Crippen LogP contribution >= 0.6 is 0 Å². The SMILES string of the molecule is O=C(NCc1ccccn1)C(=O)NN=Cc1ccccc1OCc1ccccc1. The summed E-state index contributed by atoms with van der Waals surface area (Å²) in [6.45, 7) is 0.570. The van der Waals surface area contributed by atoms with E-state index >= 15 is 0 Å². The number of aromatic nitrogens is 1. The molecule has 0 aliphatic carbocycles. The van der Waals surface area contributed by atoms with Gasteiger partial charge in [0.25, 0.3) is 0 Å². The Morgan fingerprint density at radius 3 is 2.48 bits per heavy atom. The molecule has 0 aliphatic heterocycles. The van der Waals surface area contributed by atoms with E-state index in [0.717, 1.165) is 5.56 Å². The molecule has 3 rings (SSSR count). The molecule has 0 fully saturated rings. The van der Waals surface area contributed by atoms with Crippen LogP contribution in [-0.2, 0) is 22.7 Å². The average Bonchev–Trinajstić information content (AvgIpc) is 2.78. The largest absolute Gasteiger partial charge is 0.488 e. The lowest BCUT2D eigenvalue weighted by Gasteiger charge is -2.09. The van der Waals surface area contributed by atoms with Gasteiger partial charge in [-0.2, -0.15) is 5.10 Å². The molecule has 2 aromatic carbocycles. The maximum atomic E-state index is 11.9. The lowest BCUT2D eigenvalue weighted by Crippen LogP contribution is -2.37. The molecule has 0 unspecified atom stereocenters. The summed E-state index contributed by atoms with van der Waals surface area (Å²) in [7, 11) is 0. The number of nitrogens with zero attached hydrogens (tertiary/aromatic N) is 2. The number of pyridine rings is 1. The van der Waals surface area contributed by atoms with Crippen LogP contribution in [0.2, 0.25) is 0 Å². The number of hydrazone groups is 1. The molecule has 3 aromatic rings. The fraction of sp³-hybridized carbons (Fsp3) is 0.0909. The van der Waals surface area contributed by atoms with Gasteiger partial charge >= 0.3 is 11.8 Å². The highest BCUT2D eigenvalue weighted by Crippen LogP contribution is 2.17. The van der Waals surface area contributed by atoms with E-state index in [-0.39, 0.29) is 6.54 Å². The standard InChI is InChI=1S/C22H20N4O3/c27-21(24-15-19-11-6-7-13-23-19)22(28)26-25-14-18-10-4-5-12-20(18)29-16-17-8-2-1-3-9-17/h1-14H,15-16H2,(H,24,27)(H,26,28). The Kier molecular flexibility index (Phi) is 7.06. The summed E-state index contributed by atoms with van der Waals surface area (Å²) in [5, 5.41) is 6.34. The Balaban J connectivity index is 1.51. The topological polar surface area (TPSA) is 92.7 Å². The molecule has 0 saturated carbocycles. The number of rotatable bonds is 7. The van der Waals surface area contributed by atoms with Gasteiger partial charge in [-0.15, -0.1) is 0 Å². The van der Waals surface area contributed by atoms with Crippen LogP contribution in [0.25, 0.3) is 0 Å². The highest BCUT2D eigenvalue weighted by molar-refractivity contribution is 6.35. The van der Waals surface area contributed by atoms with Crippen molar-refractivity contribution < 1.29 is 14.3 Å². The van der Waals surface area contributed by atoms with E-state index in [4.69, 9.17) is 4.74 Å². The molecule has 0 radical (unpaired) electrons. The van der Waals surface area contributed by atoms with E-state index < -0.39 is 11.8 Å². The minimum atomic E-state index is -0.861. The van der Waals surface area contributed by atoms with Gasteiger partial charge in [0.05, 0.1) is 18.5 Å². The maximum Gasteiger partial charge on any atom is 0.329 e. The maximum absolute atomic E-state index is 11.9. The Hall–Kier alpha value is -4.00. The second-order valence-corrected chi connectivity index (χ2v) is 6.01. The third-order valence-corrected chi connectivity index (χ3v) is 3.89. The van der Waals surface area contributed by atoms with Crippen molar-refractivity contribution in [2.45, 2.75) is 13.2 Å². The number of para-hydroxylation sites is 1. The zero-order chi connectivity index (χ0) is 20.3. The summed E-state index contributed by atoms with van der Waals surface area (Å²) in [6.07, 6.45) is 3.05. The minimum Gasteiger partial charge on any atom is -0.488 e. The van der Waals surface area contributed by atoms with Crippen LogP contribution in [0.4, 0.5) is 0 Å². The van der Waals surface area contributed by atoms with Gasteiger partial charge in [-0.05, 0) is 29.8 Å².